The van der Waals surface area contributed by atoms with Crippen LogP contribution in [0.25, 0.3) is 11.3 Å². The SMILES string of the molecule is Cc1ocnc1-c1ccc(F)c(C(=O)O)c1. The van der Waals surface area contributed by atoms with E-state index in [2.05, 4.69) is 4.98 Å². The van der Waals surface area contributed by atoms with Crippen LogP contribution in [-0.4, -0.2) is 16.1 Å². The van der Waals surface area contributed by atoms with Crippen molar-refractivity contribution in [3.05, 3.63) is 41.7 Å². The fourth-order valence-electron chi connectivity index (χ4n) is 1.42. The largest absolute Gasteiger partial charge is 0.478 e. The number of hydrogen-bond donors (Lipinski definition) is 1. The van der Waals surface area contributed by atoms with Crippen LogP contribution in [0.2, 0.25) is 0 Å². The summed E-state index contributed by atoms with van der Waals surface area (Å²) >= 11 is 0. The summed E-state index contributed by atoms with van der Waals surface area (Å²) in [6.45, 7) is 1.70. The molecular formula is C11H8FNO3. The van der Waals surface area contributed by atoms with Crippen LogP contribution in [0.15, 0.2) is 29.0 Å². The molecule has 16 heavy (non-hydrogen) atoms. The van der Waals surface area contributed by atoms with Crippen molar-refractivity contribution < 1.29 is 18.7 Å². The number of benzene rings is 1. The molecular weight excluding hydrogens is 213 g/mol. The Labute approximate surface area is 90.4 Å². The third kappa shape index (κ3) is 1.67. The lowest BCUT2D eigenvalue weighted by Gasteiger charge is -2.01. The van der Waals surface area contributed by atoms with Crippen LogP contribution in [0, 0.1) is 12.7 Å². The van der Waals surface area contributed by atoms with Gasteiger partial charge in [0.15, 0.2) is 6.39 Å². The van der Waals surface area contributed by atoms with Gasteiger partial charge in [-0.3, -0.25) is 0 Å². The topological polar surface area (TPSA) is 63.3 Å². The summed E-state index contributed by atoms with van der Waals surface area (Å²) in [6, 6.07) is 3.81. The quantitative estimate of drug-likeness (QED) is 0.846. The Balaban J connectivity index is 2.56. The maximum atomic E-state index is 13.1. The van der Waals surface area contributed by atoms with Crippen LogP contribution in [0.5, 0.6) is 0 Å². The Morgan fingerprint density at radius 3 is 2.81 bits per heavy atom. The van der Waals surface area contributed by atoms with Gasteiger partial charge in [0, 0.05) is 5.56 Å². The van der Waals surface area contributed by atoms with Crippen LogP contribution in [0.3, 0.4) is 0 Å². The molecule has 0 unspecified atom stereocenters. The van der Waals surface area contributed by atoms with Gasteiger partial charge < -0.3 is 9.52 Å². The minimum Gasteiger partial charge on any atom is -0.478 e. The number of oxazole rings is 1. The first-order valence-electron chi connectivity index (χ1n) is 4.53. The number of rotatable bonds is 2. The minimum absolute atomic E-state index is 0.375. The molecule has 0 aliphatic carbocycles. The lowest BCUT2D eigenvalue weighted by atomic mass is 10.1. The number of aromatic carboxylic acids is 1. The number of carboxylic acid groups (broad SMARTS) is 1. The molecule has 5 heteroatoms. The van der Waals surface area contributed by atoms with E-state index in [1.54, 1.807) is 6.92 Å². The molecule has 0 saturated heterocycles. The molecule has 0 saturated carbocycles. The summed E-state index contributed by atoms with van der Waals surface area (Å²) in [4.78, 5) is 14.7. The van der Waals surface area contributed by atoms with E-state index in [4.69, 9.17) is 9.52 Å². The van der Waals surface area contributed by atoms with Crippen LogP contribution in [0.1, 0.15) is 16.1 Å². The smallest absolute Gasteiger partial charge is 0.338 e. The van der Waals surface area contributed by atoms with Crippen molar-refractivity contribution >= 4 is 5.97 Å². The third-order valence-corrected chi connectivity index (χ3v) is 2.21. The van der Waals surface area contributed by atoms with E-state index in [1.165, 1.54) is 18.5 Å². The van der Waals surface area contributed by atoms with Crippen molar-refractivity contribution in [3.63, 3.8) is 0 Å². The van der Waals surface area contributed by atoms with Crippen molar-refractivity contribution in [2.24, 2.45) is 0 Å². The zero-order valence-electron chi connectivity index (χ0n) is 8.40. The second-order valence-corrected chi connectivity index (χ2v) is 3.26. The Morgan fingerprint density at radius 1 is 1.50 bits per heavy atom. The summed E-state index contributed by atoms with van der Waals surface area (Å²) in [5, 5.41) is 8.77. The highest BCUT2D eigenvalue weighted by molar-refractivity contribution is 5.89. The van der Waals surface area contributed by atoms with Crippen LogP contribution in [0.4, 0.5) is 4.39 Å². The number of carbonyl (C=O) groups is 1. The van der Waals surface area contributed by atoms with E-state index in [0.717, 1.165) is 6.07 Å². The van der Waals surface area contributed by atoms with E-state index in [-0.39, 0.29) is 5.56 Å². The van der Waals surface area contributed by atoms with E-state index < -0.39 is 11.8 Å². The molecule has 1 N–H and O–H groups in total. The van der Waals surface area contributed by atoms with Crippen molar-refractivity contribution in [3.8, 4) is 11.3 Å². The molecule has 0 amide bonds. The molecule has 0 radical (unpaired) electrons. The highest BCUT2D eigenvalue weighted by Crippen LogP contribution is 2.23. The number of aryl methyl sites for hydroxylation is 1. The van der Waals surface area contributed by atoms with Gasteiger partial charge in [0.2, 0.25) is 0 Å². The van der Waals surface area contributed by atoms with Gasteiger partial charge in [0.25, 0.3) is 0 Å². The number of halogens is 1. The first-order valence-corrected chi connectivity index (χ1v) is 4.53. The third-order valence-electron chi connectivity index (χ3n) is 2.21. The maximum absolute atomic E-state index is 13.1. The van der Waals surface area contributed by atoms with Gasteiger partial charge >= 0.3 is 5.97 Å². The first kappa shape index (κ1) is 10.4. The van der Waals surface area contributed by atoms with E-state index >= 15 is 0 Å². The van der Waals surface area contributed by atoms with Crippen molar-refractivity contribution in [1.82, 2.24) is 4.98 Å². The van der Waals surface area contributed by atoms with Crippen LogP contribution < -0.4 is 0 Å². The molecule has 1 aromatic carbocycles. The van der Waals surface area contributed by atoms with Gasteiger partial charge in [-0.25, -0.2) is 14.2 Å². The lowest BCUT2D eigenvalue weighted by molar-refractivity contribution is 0.0692. The lowest BCUT2D eigenvalue weighted by Crippen LogP contribution is -2.00. The van der Waals surface area contributed by atoms with Crippen molar-refractivity contribution in [1.29, 1.82) is 0 Å². The molecule has 0 aliphatic heterocycles. The summed E-state index contributed by atoms with van der Waals surface area (Å²) < 4.78 is 18.1. The standard InChI is InChI=1S/C11H8FNO3/c1-6-10(13-5-16-6)7-2-3-9(12)8(4-7)11(14)15/h2-5H,1H3,(H,14,15). The zero-order valence-corrected chi connectivity index (χ0v) is 8.40. The molecule has 0 bridgehead atoms. The minimum atomic E-state index is -1.31. The van der Waals surface area contributed by atoms with Crippen molar-refractivity contribution in [2.75, 3.05) is 0 Å². The van der Waals surface area contributed by atoms with Gasteiger partial charge in [-0.15, -0.1) is 0 Å². The second kappa shape index (κ2) is 3.77. The van der Waals surface area contributed by atoms with E-state index in [0.29, 0.717) is 17.0 Å². The number of hydrogen-bond acceptors (Lipinski definition) is 3. The normalized spacial score (nSPS) is 10.4. The Hall–Kier alpha value is -2.17. The predicted molar refractivity (Wildman–Crippen MR) is 53.6 cm³/mol. The Morgan fingerprint density at radius 2 is 2.25 bits per heavy atom. The molecule has 0 spiro atoms. The summed E-state index contributed by atoms with van der Waals surface area (Å²) in [5.41, 5.74) is 0.660. The molecule has 0 fully saturated rings. The van der Waals surface area contributed by atoms with Crippen LogP contribution in [-0.2, 0) is 0 Å². The van der Waals surface area contributed by atoms with E-state index in [1.807, 2.05) is 0 Å². The summed E-state index contributed by atoms with van der Waals surface area (Å²) in [5.74, 6) is -1.51. The maximum Gasteiger partial charge on any atom is 0.338 e. The molecule has 2 rings (SSSR count). The fourth-order valence-corrected chi connectivity index (χ4v) is 1.42. The van der Waals surface area contributed by atoms with Gasteiger partial charge in [0.1, 0.15) is 17.3 Å². The molecule has 0 aliphatic rings. The zero-order chi connectivity index (χ0) is 11.7. The van der Waals surface area contributed by atoms with Crippen LogP contribution >= 0.6 is 0 Å². The number of nitrogens with zero attached hydrogens (tertiary/aromatic N) is 1. The predicted octanol–water partition coefficient (Wildman–Crippen LogP) is 2.49. The molecule has 1 aromatic heterocycles. The average molecular weight is 221 g/mol. The molecule has 2 aromatic rings. The van der Waals surface area contributed by atoms with Gasteiger partial charge in [-0.05, 0) is 25.1 Å². The molecule has 82 valence electrons. The molecule has 0 atom stereocenters. The summed E-state index contributed by atoms with van der Waals surface area (Å²) in [6.07, 6.45) is 1.26. The van der Waals surface area contributed by atoms with Crippen molar-refractivity contribution in [2.45, 2.75) is 6.92 Å². The second-order valence-electron chi connectivity index (χ2n) is 3.26. The Kier molecular flexibility index (Phi) is 2.44. The number of carboxylic acids is 1. The molecule has 1 heterocycles. The summed E-state index contributed by atoms with van der Waals surface area (Å²) in [7, 11) is 0. The van der Waals surface area contributed by atoms with Gasteiger partial charge in [-0.1, -0.05) is 0 Å². The highest BCUT2D eigenvalue weighted by atomic mass is 19.1. The highest BCUT2D eigenvalue weighted by Gasteiger charge is 2.14. The Bertz CT molecular complexity index is 548. The molecule has 4 nitrogen and oxygen atoms in total. The number of aromatic nitrogens is 1. The van der Waals surface area contributed by atoms with Gasteiger partial charge in [-0.2, -0.15) is 0 Å². The van der Waals surface area contributed by atoms with E-state index in [9.17, 15) is 9.18 Å². The first-order chi connectivity index (χ1) is 7.59. The monoisotopic (exact) mass is 221 g/mol. The van der Waals surface area contributed by atoms with Gasteiger partial charge in [0.05, 0.1) is 5.56 Å². The average Bonchev–Trinajstić information content (AvgIpc) is 2.65. The fraction of sp³-hybridized carbons (Fsp3) is 0.0909.